The maximum absolute atomic E-state index is 12.6. The highest BCUT2D eigenvalue weighted by Gasteiger charge is 2.29. The number of halogens is 3. The van der Waals surface area contributed by atoms with Crippen molar-refractivity contribution in [3.05, 3.63) is 48.2 Å². The third-order valence-corrected chi connectivity index (χ3v) is 2.84. The van der Waals surface area contributed by atoms with Crippen LogP contribution in [0.25, 0.3) is 11.3 Å². The van der Waals surface area contributed by atoms with Crippen molar-refractivity contribution >= 4 is 0 Å². The van der Waals surface area contributed by atoms with Gasteiger partial charge in [0.25, 0.3) is 0 Å². The molecule has 0 aliphatic heterocycles. The van der Waals surface area contributed by atoms with Crippen molar-refractivity contribution in [3.8, 4) is 11.3 Å². The SMILES string of the molecule is CCc1ccc(-c2ccccc2)n1CC(F)(F)F. The summed E-state index contributed by atoms with van der Waals surface area (Å²) in [7, 11) is 0. The lowest BCUT2D eigenvalue weighted by atomic mass is 10.1. The van der Waals surface area contributed by atoms with E-state index in [1.807, 2.05) is 37.3 Å². The first-order valence-corrected chi connectivity index (χ1v) is 5.82. The molecule has 0 spiro atoms. The van der Waals surface area contributed by atoms with Crippen LogP contribution in [0, 0.1) is 0 Å². The molecule has 2 aromatic rings. The molecule has 1 nitrogen and oxygen atoms in total. The summed E-state index contributed by atoms with van der Waals surface area (Å²) in [5.41, 5.74) is 2.12. The number of benzene rings is 1. The Balaban J connectivity index is 2.46. The van der Waals surface area contributed by atoms with Crippen molar-refractivity contribution in [1.82, 2.24) is 4.57 Å². The minimum Gasteiger partial charge on any atom is -0.336 e. The molecule has 0 amide bonds. The lowest BCUT2D eigenvalue weighted by Crippen LogP contribution is -2.19. The molecule has 0 saturated heterocycles. The Morgan fingerprint density at radius 2 is 1.67 bits per heavy atom. The Morgan fingerprint density at radius 3 is 2.22 bits per heavy atom. The molecule has 0 atom stereocenters. The van der Waals surface area contributed by atoms with E-state index >= 15 is 0 Å². The fourth-order valence-electron chi connectivity index (χ4n) is 2.05. The van der Waals surface area contributed by atoms with Gasteiger partial charge >= 0.3 is 6.18 Å². The molecule has 0 fully saturated rings. The van der Waals surface area contributed by atoms with E-state index in [4.69, 9.17) is 0 Å². The summed E-state index contributed by atoms with van der Waals surface area (Å²) < 4.78 is 39.2. The number of aryl methyl sites for hydroxylation is 1. The van der Waals surface area contributed by atoms with Gasteiger partial charge in [-0.15, -0.1) is 0 Å². The monoisotopic (exact) mass is 253 g/mol. The molecule has 96 valence electrons. The molecule has 4 heteroatoms. The van der Waals surface area contributed by atoms with E-state index in [1.165, 1.54) is 4.57 Å². The zero-order chi connectivity index (χ0) is 13.2. The Hall–Kier alpha value is -1.71. The second-order valence-electron chi connectivity index (χ2n) is 4.13. The summed E-state index contributed by atoms with van der Waals surface area (Å²) in [6.45, 7) is 0.921. The number of aromatic nitrogens is 1. The second-order valence-corrected chi connectivity index (χ2v) is 4.13. The molecular formula is C14H14F3N. The predicted octanol–water partition coefficient (Wildman–Crippen LogP) is 4.28. The fourth-order valence-corrected chi connectivity index (χ4v) is 2.05. The highest BCUT2D eigenvalue weighted by molar-refractivity contribution is 5.60. The molecule has 18 heavy (non-hydrogen) atoms. The number of hydrogen-bond acceptors (Lipinski definition) is 0. The van der Waals surface area contributed by atoms with Crippen LogP contribution in [0.3, 0.4) is 0 Å². The molecule has 1 aromatic heterocycles. The Bertz CT molecular complexity index is 512. The van der Waals surface area contributed by atoms with E-state index in [2.05, 4.69) is 0 Å². The predicted molar refractivity (Wildman–Crippen MR) is 65.3 cm³/mol. The summed E-state index contributed by atoms with van der Waals surface area (Å²) in [6.07, 6.45) is -3.62. The molecule has 0 aliphatic rings. The Labute approximate surface area is 104 Å². The third-order valence-electron chi connectivity index (χ3n) is 2.84. The van der Waals surface area contributed by atoms with Crippen molar-refractivity contribution in [2.45, 2.75) is 26.1 Å². The van der Waals surface area contributed by atoms with Gasteiger partial charge in [-0.3, -0.25) is 0 Å². The highest BCUT2D eigenvalue weighted by atomic mass is 19.4. The van der Waals surface area contributed by atoms with Gasteiger partial charge in [-0.1, -0.05) is 37.3 Å². The van der Waals surface area contributed by atoms with Crippen LogP contribution in [-0.4, -0.2) is 10.7 Å². The van der Waals surface area contributed by atoms with Crippen molar-refractivity contribution in [3.63, 3.8) is 0 Å². The summed E-state index contributed by atoms with van der Waals surface area (Å²) >= 11 is 0. The second kappa shape index (κ2) is 4.88. The van der Waals surface area contributed by atoms with Gasteiger partial charge in [-0.2, -0.15) is 13.2 Å². The Kier molecular flexibility index (Phi) is 3.45. The average Bonchev–Trinajstić information content (AvgIpc) is 2.71. The normalized spacial score (nSPS) is 11.8. The molecular weight excluding hydrogens is 239 g/mol. The van der Waals surface area contributed by atoms with Crippen LogP contribution in [-0.2, 0) is 13.0 Å². The van der Waals surface area contributed by atoms with Crippen molar-refractivity contribution in [2.75, 3.05) is 0 Å². The lowest BCUT2D eigenvalue weighted by molar-refractivity contribution is -0.140. The largest absolute Gasteiger partial charge is 0.406 e. The van der Waals surface area contributed by atoms with Crippen molar-refractivity contribution < 1.29 is 13.2 Å². The highest BCUT2D eigenvalue weighted by Crippen LogP contribution is 2.27. The maximum atomic E-state index is 12.6. The van der Waals surface area contributed by atoms with Crippen molar-refractivity contribution in [1.29, 1.82) is 0 Å². The maximum Gasteiger partial charge on any atom is 0.406 e. The van der Waals surface area contributed by atoms with E-state index in [9.17, 15) is 13.2 Å². The quantitative estimate of drug-likeness (QED) is 0.769. The molecule has 0 N–H and O–H groups in total. The molecule has 0 bridgehead atoms. The van der Waals surface area contributed by atoms with E-state index in [0.717, 1.165) is 5.56 Å². The molecule has 2 rings (SSSR count). The first-order valence-electron chi connectivity index (χ1n) is 5.82. The number of hydrogen-bond donors (Lipinski definition) is 0. The minimum atomic E-state index is -4.20. The van der Waals surface area contributed by atoms with E-state index in [1.54, 1.807) is 12.1 Å². The topological polar surface area (TPSA) is 4.93 Å². The van der Waals surface area contributed by atoms with Gasteiger partial charge in [0.2, 0.25) is 0 Å². The van der Waals surface area contributed by atoms with Crippen LogP contribution < -0.4 is 0 Å². The van der Waals surface area contributed by atoms with Gasteiger partial charge in [0, 0.05) is 11.4 Å². The van der Waals surface area contributed by atoms with Gasteiger partial charge in [-0.25, -0.2) is 0 Å². The van der Waals surface area contributed by atoms with Gasteiger partial charge < -0.3 is 4.57 Å². The zero-order valence-corrected chi connectivity index (χ0v) is 10.0. The first kappa shape index (κ1) is 12.7. The Morgan fingerprint density at radius 1 is 1.00 bits per heavy atom. The van der Waals surface area contributed by atoms with E-state index in [0.29, 0.717) is 17.8 Å². The number of rotatable bonds is 3. The standard InChI is InChI=1S/C14H14F3N/c1-2-12-8-9-13(11-6-4-3-5-7-11)18(12)10-14(15,16)17/h3-9H,2,10H2,1H3. The summed E-state index contributed by atoms with van der Waals surface area (Å²) in [5.74, 6) is 0. The van der Waals surface area contributed by atoms with Gasteiger partial charge in [0.1, 0.15) is 6.54 Å². The van der Waals surface area contributed by atoms with Crippen LogP contribution in [0.2, 0.25) is 0 Å². The molecule has 0 saturated carbocycles. The summed E-state index contributed by atoms with van der Waals surface area (Å²) in [4.78, 5) is 0. The summed E-state index contributed by atoms with van der Waals surface area (Å²) in [5, 5.41) is 0. The average molecular weight is 253 g/mol. The van der Waals surface area contributed by atoms with Gasteiger partial charge in [0.05, 0.1) is 0 Å². The lowest BCUT2D eigenvalue weighted by Gasteiger charge is -2.15. The van der Waals surface area contributed by atoms with Crippen LogP contribution >= 0.6 is 0 Å². The smallest absolute Gasteiger partial charge is 0.336 e. The molecule has 0 aliphatic carbocycles. The summed E-state index contributed by atoms with van der Waals surface area (Å²) in [6, 6.07) is 12.6. The van der Waals surface area contributed by atoms with Gasteiger partial charge in [-0.05, 0) is 24.1 Å². The first-order chi connectivity index (χ1) is 8.51. The van der Waals surface area contributed by atoms with E-state index in [-0.39, 0.29) is 0 Å². The number of alkyl halides is 3. The van der Waals surface area contributed by atoms with Crippen LogP contribution in [0.5, 0.6) is 0 Å². The van der Waals surface area contributed by atoms with Crippen LogP contribution in [0.15, 0.2) is 42.5 Å². The number of nitrogens with zero attached hydrogens (tertiary/aromatic N) is 1. The van der Waals surface area contributed by atoms with Crippen molar-refractivity contribution in [2.24, 2.45) is 0 Å². The van der Waals surface area contributed by atoms with Crippen LogP contribution in [0.4, 0.5) is 13.2 Å². The fraction of sp³-hybridized carbons (Fsp3) is 0.286. The minimum absolute atomic E-state index is 0.586. The molecule has 1 aromatic carbocycles. The van der Waals surface area contributed by atoms with Gasteiger partial charge in [0.15, 0.2) is 0 Å². The molecule has 1 heterocycles. The molecule has 0 radical (unpaired) electrons. The third kappa shape index (κ3) is 2.75. The molecule has 0 unspecified atom stereocenters. The zero-order valence-electron chi connectivity index (χ0n) is 10.0. The van der Waals surface area contributed by atoms with Crippen LogP contribution in [0.1, 0.15) is 12.6 Å². The van der Waals surface area contributed by atoms with E-state index < -0.39 is 12.7 Å².